The number of methoxy groups -OCH3 is 1. The summed E-state index contributed by atoms with van der Waals surface area (Å²) in [5.74, 6) is 3.87. The number of hydrogen-bond acceptors (Lipinski definition) is 5. The summed E-state index contributed by atoms with van der Waals surface area (Å²) in [5, 5.41) is 0. The fourth-order valence-electron chi connectivity index (χ4n) is 3.83. The van der Waals surface area contributed by atoms with Crippen LogP contribution in [0.2, 0.25) is 0 Å². The molecule has 3 heterocycles. The molecule has 0 spiro atoms. The highest BCUT2D eigenvalue weighted by Crippen LogP contribution is 2.34. The Morgan fingerprint density at radius 2 is 2.04 bits per heavy atom. The van der Waals surface area contributed by atoms with Gasteiger partial charge in [-0.3, -0.25) is 4.90 Å². The zero-order valence-corrected chi connectivity index (χ0v) is 16.2. The van der Waals surface area contributed by atoms with Gasteiger partial charge < -0.3 is 13.6 Å². The van der Waals surface area contributed by atoms with Crippen LogP contribution < -0.4 is 4.74 Å². The van der Waals surface area contributed by atoms with Gasteiger partial charge in [0.15, 0.2) is 5.76 Å². The van der Waals surface area contributed by atoms with E-state index >= 15 is 0 Å². The summed E-state index contributed by atoms with van der Waals surface area (Å²) in [4.78, 5) is 7.22. The number of aromatic nitrogens is 1. The molecule has 0 unspecified atom stereocenters. The first-order chi connectivity index (χ1) is 13.1. The number of nitrogens with zero attached hydrogens (tertiary/aromatic N) is 2. The van der Waals surface area contributed by atoms with Gasteiger partial charge in [0.05, 0.1) is 12.8 Å². The molecule has 0 N–H and O–H groups in total. The van der Waals surface area contributed by atoms with Gasteiger partial charge in [-0.1, -0.05) is 18.6 Å². The number of furan rings is 1. The number of hydrogen-bond donors (Lipinski definition) is 0. The number of benzene rings is 1. The standard InChI is InChI=1S/C22H26N2O3/c1-15-10-11-21(26-15)22-23-19(16(2)27-22)14-24-12-5-4-9-20(24)17-7-6-8-18(13-17)25-3/h6-8,10-11,13,20H,4-5,9,12,14H2,1-3H3/t20-/m0/s1. The molecule has 1 aromatic carbocycles. The second-order valence-corrected chi connectivity index (χ2v) is 7.19. The van der Waals surface area contributed by atoms with Gasteiger partial charge in [-0.05, 0) is 63.1 Å². The minimum absolute atomic E-state index is 0.374. The smallest absolute Gasteiger partial charge is 0.263 e. The molecule has 0 radical (unpaired) electrons. The van der Waals surface area contributed by atoms with E-state index < -0.39 is 0 Å². The van der Waals surface area contributed by atoms with E-state index in [1.54, 1.807) is 7.11 Å². The van der Waals surface area contributed by atoms with Crippen molar-refractivity contribution in [3.63, 3.8) is 0 Å². The van der Waals surface area contributed by atoms with Gasteiger partial charge in [-0.25, -0.2) is 4.98 Å². The first-order valence-corrected chi connectivity index (χ1v) is 9.55. The van der Waals surface area contributed by atoms with Gasteiger partial charge in [-0.15, -0.1) is 0 Å². The van der Waals surface area contributed by atoms with Crippen LogP contribution in [0.3, 0.4) is 0 Å². The molecule has 0 bridgehead atoms. The first-order valence-electron chi connectivity index (χ1n) is 9.55. The normalized spacial score (nSPS) is 18.0. The number of rotatable bonds is 5. The largest absolute Gasteiger partial charge is 0.497 e. The van der Waals surface area contributed by atoms with E-state index in [2.05, 4.69) is 23.1 Å². The van der Waals surface area contributed by atoms with Crippen LogP contribution in [0.5, 0.6) is 5.75 Å². The third-order valence-electron chi connectivity index (χ3n) is 5.29. The zero-order chi connectivity index (χ0) is 18.8. The molecule has 1 aliphatic rings. The third kappa shape index (κ3) is 3.78. The van der Waals surface area contributed by atoms with Crippen LogP contribution in [0.1, 0.15) is 48.1 Å². The molecule has 1 saturated heterocycles. The lowest BCUT2D eigenvalue weighted by atomic mass is 9.95. The van der Waals surface area contributed by atoms with Crippen molar-refractivity contribution < 1.29 is 13.6 Å². The zero-order valence-electron chi connectivity index (χ0n) is 16.2. The maximum Gasteiger partial charge on any atom is 0.263 e. The third-order valence-corrected chi connectivity index (χ3v) is 5.29. The van der Waals surface area contributed by atoms with Crippen molar-refractivity contribution in [1.29, 1.82) is 0 Å². The van der Waals surface area contributed by atoms with Crippen LogP contribution >= 0.6 is 0 Å². The summed E-state index contributed by atoms with van der Waals surface area (Å²) in [5.41, 5.74) is 2.28. The van der Waals surface area contributed by atoms with E-state index in [0.29, 0.717) is 17.7 Å². The van der Waals surface area contributed by atoms with Gasteiger partial charge >= 0.3 is 0 Å². The lowest BCUT2D eigenvalue weighted by Crippen LogP contribution is -2.33. The van der Waals surface area contributed by atoms with Crippen LogP contribution in [0.4, 0.5) is 0 Å². The fraction of sp³-hybridized carbons (Fsp3) is 0.409. The first kappa shape index (κ1) is 17.9. The minimum atomic E-state index is 0.374. The molecule has 1 aliphatic heterocycles. The SMILES string of the molecule is COc1cccc([C@@H]2CCCCN2Cc2nc(-c3ccc(C)o3)oc2C)c1. The molecule has 27 heavy (non-hydrogen) atoms. The molecule has 0 saturated carbocycles. The van der Waals surface area contributed by atoms with Crippen molar-refractivity contribution in [2.45, 2.75) is 45.7 Å². The van der Waals surface area contributed by atoms with Gasteiger partial charge in [-0.2, -0.15) is 0 Å². The summed E-state index contributed by atoms with van der Waals surface area (Å²) < 4.78 is 17.0. The second kappa shape index (κ2) is 7.61. The summed E-state index contributed by atoms with van der Waals surface area (Å²) >= 11 is 0. The molecule has 1 atom stereocenters. The minimum Gasteiger partial charge on any atom is -0.497 e. The molecule has 3 aromatic rings. The molecule has 142 valence electrons. The van der Waals surface area contributed by atoms with E-state index in [9.17, 15) is 0 Å². The van der Waals surface area contributed by atoms with Gasteiger partial charge in [0.25, 0.3) is 5.89 Å². The number of oxazole rings is 1. The maximum absolute atomic E-state index is 5.88. The lowest BCUT2D eigenvalue weighted by molar-refractivity contribution is 0.138. The monoisotopic (exact) mass is 366 g/mol. The molecule has 0 amide bonds. The Labute approximate surface area is 160 Å². The van der Waals surface area contributed by atoms with E-state index in [1.807, 2.05) is 32.0 Å². The molecular weight excluding hydrogens is 340 g/mol. The number of aryl methyl sites for hydroxylation is 2. The Hall–Kier alpha value is -2.53. The Kier molecular flexibility index (Phi) is 5.03. The van der Waals surface area contributed by atoms with Crippen molar-refractivity contribution in [2.75, 3.05) is 13.7 Å². The number of piperidine rings is 1. The number of ether oxygens (including phenoxy) is 1. The Morgan fingerprint density at radius 1 is 1.15 bits per heavy atom. The molecule has 1 fully saturated rings. The average molecular weight is 366 g/mol. The highest BCUT2D eigenvalue weighted by Gasteiger charge is 2.26. The highest BCUT2D eigenvalue weighted by atomic mass is 16.5. The van der Waals surface area contributed by atoms with Crippen LogP contribution in [-0.2, 0) is 6.54 Å². The Balaban J connectivity index is 1.57. The highest BCUT2D eigenvalue weighted by molar-refractivity contribution is 5.45. The summed E-state index contributed by atoms with van der Waals surface area (Å²) in [6, 6.07) is 12.6. The molecule has 4 rings (SSSR count). The van der Waals surface area contributed by atoms with E-state index in [-0.39, 0.29) is 0 Å². The predicted octanol–water partition coefficient (Wildman–Crippen LogP) is 5.29. The average Bonchev–Trinajstić information content (AvgIpc) is 3.28. The fourth-order valence-corrected chi connectivity index (χ4v) is 3.83. The van der Waals surface area contributed by atoms with Gasteiger partial charge in [0.2, 0.25) is 0 Å². The van der Waals surface area contributed by atoms with E-state index in [1.165, 1.54) is 18.4 Å². The Morgan fingerprint density at radius 3 is 2.81 bits per heavy atom. The quantitative estimate of drug-likeness (QED) is 0.614. The van der Waals surface area contributed by atoms with Crippen LogP contribution in [0.15, 0.2) is 45.2 Å². The number of likely N-dealkylation sites (tertiary alicyclic amines) is 1. The van der Waals surface area contributed by atoms with Crippen LogP contribution in [0, 0.1) is 13.8 Å². The van der Waals surface area contributed by atoms with Crippen molar-refractivity contribution in [3.8, 4) is 17.4 Å². The van der Waals surface area contributed by atoms with Crippen LogP contribution in [-0.4, -0.2) is 23.5 Å². The van der Waals surface area contributed by atoms with Crippen LogP contribution in [0.25, 0.3) is 11.7 Å². The summed E-state index contributed by atoms with van der Waals surface area (Å²) in [6.07, 6.45) is 3.60. The summed E-state index contributed by atoms with van der Waals surface area (Å²) in [6.45, 7) is 5.74. The molecule has 5 nitrogen and oxygen atoms in total. The molecule has 0 aliphatic carbocycles. The second-order valence-electron chi connectivity index (χ2n) is 7.19. The summed E-state index contributed by atoms with van der Waals surface area (Å²) in [7, 11) is 1.72. The van der Waals surface area contributed by atoms with Crippen molar-refractivity contribution in [2.24, 2.45) is 0 Å². The molecule has 5 heteroatoms. The predicted molar refractivity (Wildman–Crippen MR) is 104 cm³/mol. The Bertz CT molecular complexity index is 912. The maximum atomic E-state index is 5.88. The van der Waals surface area contributed by atoms with Crippen molar-refractivity contribution in [1.82, 2.24) is 9.88 Å². The van der Waals surface area contributed by atoms with Crippen molar-refractivity contribution in [3.05, 3.63) is 59.2 Å². The van der Waals surface area contributed by atoms with E-state index in [0.717, 1.165) is 42.5 Å². The topological polar surface area (TPSA) is 51.6 Å². The molecular formula is C22H26N2O3. The van der Waals surface area contributed by atoms with Crippen molar-refractivity contribution >= 4 is 0 Å². The van der Waals surface area contributed by atoms with Gasteiger partial charge in [0.1, 0.15) is 17.3 Å². The van der Waals surface area contributed by atoms with Gasteiger partial charge in [0, 0.05) is 12.6 Å². The van der Waals surface area contributed by atoms with E-state index in [4.69, 9.17) is 18.6 Å². The molecule has 2 aromatic heterocycles. The lowest BCUT2D eigenvalue weighted by Gasteiger charge is -2.35.